The van der Waals surface area contributed by atoms with E-state index in [2.05, 4.69) is 15.9 Å². The van der Waals surface area contributed by atoms with E-state index in [9.17, 15) is 9.59 Å². The highest BCUT2D eigenvalue weighted by atomic mass is 79.9. The van der Waals surface area contributed by atoms with Crippen molar-refractivity contribution in [2.45, 2.75) is 11.7 Å². The molecule has 0 spiro atoms. The largest absolute Gasteiger partial charge is 0.530 e. The van der Waals surface area contributed by atoms with Crippen molar-refractivity contribution in [3.8, 4) is 0 Å². The van der Waals surface area contributed by atoms with E-state index in [0.29, 0.717) is 11.9 Å². The Morgan fingerprint density at radius 1 is 1.32 bits per heavy atom. The van der Waals surface area contributed by atoms with Crippen LogP contribution in [0.15, 0.2) is 24.3 Å². The third-order valence-corrected chi connectivity index (χ3v) is 3.68. The normalized spacial score (nSPS) is 17.9. The van der Waals surface area contributed by atoms with Crippen LogP contribution in [0.1, 0.15) is 5.56 Å². The fraction of sp³-hybridized carbons (Fsp3) is 0.385. The van der Waals surface area contributed by atoms with Crippen LogP contribution in [-0.4, -0.2) is 43.7 Å². The summed E-state index contributed by atoms with van der Waals surface area (Å²) in [6.45, 7) is -0.0247. The van der Waals surface area contributed by atoms with Crippen LogP contribution in [0.25, 0.3) is 0 Å². The van der Waals surface area contributed by atoms with Crippen molar-refractivity contribution in [3.63, 3.8) is 0 Å². The molecule has 0 amide bonds. The molecule has 0 bridgehead atoms. The van der Waals surface area contributed by atoms with Gasteiger partial charge in [-0.3, -0.25) is 14.5 Å². The summed E-state index contributed by atoms with van der Waals surface area (Å²) in [6, 6.07) is 7.70. The highest BCUT2D eigenvalue weighted by Crippen LogP contribution is 2.10. The van der Waals surface area contributed by atoms with Gasteiger partial charge in [-0.1, -0.05) is 40.2 Å². The number of nitrogens with zero attached hydrogens (tertiary/aromatic N) is 1. The summed E-state index contributed by atoms with van der Waals surface area (Å²) in [7, 11) is 1.74. The third kappa shape index (κ3) is 3.67. The molecule has 6 heteroatoms. The molecule has 0 aromatic heterocycles. The summed E-state index contributed by atoms with van der Waals surface area (Å²) in [4.78, 5) is 25.3. The number of likely N-dealkylation sites (N-methyl/N-ethyl adjacent to an activating group) is 1. The van der Waals surface area contributed by atoms with Gasteiger partial charge < -0.3 is 4.65 Å². The van der Waals surface area contributed by atoms with Crippen molar-refractivity contribution < 1.29 is 14.2 Å². The number of Topliss-reactive ketones (excluding diaryl/α,β-unsaturated/α-hetero) is 1. The lowest BCUT2D eigenvalue weighted by atomic mass is 9.55. The molecule has 0 radical (unpaired) electrons. The summed E-state index contributed by atoms with van der Waals surface area (Å²) in [5.74, 6) is -0.200. The van der Waals surface area contributed by atoms with Crippen LogP contribution < -0.4 is 5.46 Å². The van der Waals surface area contributed by atoms with Gasteiger partial charge in [-0.05, 0) is 18.1 Å². The first-order valence-electron chi connectivity index (χ1n) is 6.13. The van der Waals surface area contributed by atoms with Crippen molar-refractivity contribution in [1.82, 2.24) is 4.90 Å². The molecule has 19 heavy (non-hydrogen) atoms. The molecule has 1 aliphatic heterocycles. The molecular formula is C13H15BBrNO3. The number of rotatable bonds is 2. The average Bonchev–Trinajstić information content (AvgIpc) is 2.35. The average molecular weight is 324 g/mol. The summed E-state index contributed by atoms with van der Waals surface area (Å²) >= 11 is 3.42. The molecule has 0 N–H and O–H groups in total. The first kappa shape index (κ1) is 14.3. The summed E-state index contributed by atoms with van der Waals surface area (Å²) in [5.41, 5.74) is 1.95. The predicted molar refractivity (Wildman–Crippen MR) is 77.9 cm³/mol. The second-order valence-corrected chi connectivity index (χ2v) is 5.29. The van der Waals surface area contributed by atoms with Crippen molar-refractivity contribution in [3.05, 3.63) is 29.8 Å². The minimum absolute atomic E-state index is 0.0874. The number of hydrogen-bond acceptors (Lipinski definition) is 4. The van der Waals surface area contributed by atoms with Gasteiger partial charge in [-0.25, -0.2) is 0 Å². The molecule has 1 fully saturated rings. The van der Waals surface area contributed by atoms with Gasteiger partial charge in [0, 0.05) is 11.7 Å². The first-order chi connectivity index (χ1) is 9.10. The number of benzene rings is 1. The molecule has 0 saturated carbocycles. The van der Waals surface area contributed by atoms with Gasteiger partial charge >= 0.3 is 12.9 Å². The number of halogens is 1. The summed E-state index contributed by atoms with van der Waals surface area (Å²) in [5, 5.41) is 0.672. The zero-order valence-electron chi connectivity index (χ0n) is 10.8. The SMILES string of the molecule is CN1CC(=O)CB(c2ccccc2CBr)OC(=O)C1. The zero-order chi connectivity index (χ0) is 13.8. The third-order valence-electron chi connectivity index (χ3n) is 3.08. The van der Waals surface area contributed by atoms with Crippen molar-refractivity contribution in [1.29, 1.82) is 0 Å². The van der Waals surface area contributed by atoms with E-state index < -0.39 is 6.92 Å². The predicted octanol–water partition coefficient (Wildman–Crippen LogP) is 0.838. The lowest BCUT2D eigenvalue weighted by Crippen LogP contribution is -2.46. The fourth-order valence-electron chi connectivity index (χ4n) is 2.23. The number of carbonyl (C=O) groups is 2. The number of carbonyl (C=O) groups excluding carboxylic acids is 2. The molecule has 1 heterocycles. The quantitative estimate of drug-likeness (QED) is 0.597. The van der Waals surface area contributed by atoms with Gasteiger partial charge in [0.15, 0.2) is 0 Å². The molecule has 100 valence electrons. The van der Waals surface area contributed by atoms with E-state index >= 15 is 0 Å². The molecule has 1 aromatic rings. The highest BCUT2D eigenvalue weighted by molar-refractivity contribution is 9.08. The molecule has 0 unspecified atom stereocenters. The maximum atomic E-state index is 11.9. The zero-order valence-corrected chi connectivity index (χ0v) is 12.4. The van der Waals surface area contributed by atoms with Crippen LogP contribution in [0.2, 0.25) is 6.32 Å². The van der Waals surface area contributed by atoms with Crippen molar-refractivity contribution in [2.24, 2.45) is 0 Å². The van der Waals surface area contributed by atoms with Gasteiger partial charge in [0.25, 0.3) is 0 Å². The second-order valence-electron chi connectivity index (χ2n) is 4.73. The van der Waals surface area contributed by atoms with Gasteiger partial charge in [0.05, 0.1) is 13.1 Å². The molecule has 2 rings (SSSR count). The standard InChI is InChI=1S/C13H15BBrNO3/c1-16-8-11(17)6-14(19-13(18)9-16)12-5-3-2-4-10(12)7-15/h2-5H,6-9H2,1H3. The molecule has 1 saturated heterocycles. The van der Waals surface area contributed by atoms with Crippen LogP contribution >= 0.6 is 15.9 Å². The lowest BCUT2D eigenvalue weighted by molar-refractivity contribution is -0.136. The minimum Gasteiger partial charge on any atom is -0.530 e. The summed E-state index contributed by atoms with van der Waals surface area (Å²) < 4.78 is 5.44. The van der Waals surface area contributed by atoms with E-state index in [0.717, 1.165) is 11.0 Å². The topological polar surface area (TPSA) is 46.6 Å². The second kappa shape index (κ2) is 6.35. The van der Waals surface area contributed by atoms with Gasteiger partial charge in [0.2, 0.25) is 0 Å². The van der Waals surface area contributed by atoms with E-state index in [1.807, 2.05) is 24.3 Å². The smallest absolute Gasteiger partial charge is 0.403 e. The number of ketones is 1. The molecular weight excluding hydrogens is 309 g/mol. The Morgan fingerprint density at radius 3 is 2.79 bits per heavy atom. The summed E-state index contributed by atoms with van der Waals surface area (Å²) in [6.07, 6.45) is 0.236. The monoisotopic (exact) mass is 323 g/mol. The Bertz CT molecular complexity index is 475. The maximum absolute atomic E-state index is 11.9. The van der Waals surface area contributed by atoms with Gasteiger partial charge in [-0.15, -0.1) is 0 Å². The molecule has 0 atom stereocenters. The number of hydrogen-bond donors (Lipinski definition) is 0. The van der Waals surface area contributed by atoms with Gasteiger partial charge in [0.1, 0.15) is 5.78 Å². The molecule has 1 aromatic carbocycles. The van der Waals surface area contributed by atoms with Crippen molar-refractivity contribution >= 4 is 40.1 Å². The lowest BCUT2D eigenvalue weighted by Gasteiger charge is -2.23. The van der Waals surface area contributed by atoms with E-state index in [-0.39, 0.29) is 24.6 Å². The van der Waals surface area contributed by atoms with Gasteiger partial charge in [-0.2, -0.15) is 0 Å². The minimum atomic E-state index is -0.470. The van der Waals surface area contributed by atoms with Crippen LogP contribution in [0.3, 0.4) is 0 Å². The Morgan fingerprint density at radius 2 is 2.05 bits per heavy atom. The molecule has 1 aliphatic rings. The fourth-order valence-corrected chi connectivity index (χ4v) is 2.74. The maximum Gasteiger partial charge on any atom is 0.403 e. The highest BCUT2D eigenvalue weighted by Gasteiger charge is 2.31. The Kier molecular flexibility index (Phi) is 4.77. The van der Waals surface area contributed by atoms with Crippen LogP contribution in [0, 0.1) is 0 Å². The Balaban J connectivity index is 2.26. The van der Waals surface area contributed by atoms with Crippen molar-refractivity contribution in [2.75, 3.05) is 20.1 Å². The van der Waals surface area contributed by atoms with Crippen LogP contribution in [-0.2, 0) is 19.6 Å². The molecule has 4 nitrogen and oxygen atoms in total. The van der Waals surface area contributed by atoms with Crippen LogP contribution in [0.5, 0.6) is 0 Å². The van der Waals surface area contributed by atoms with Crippen LogP contribution in [0.4, 0.5) is 0 Å². The Hall–Kier alpha value is -1.14. The molecule has 0 aliphatic carbocycles. The first-order valence-corrected chi connectivity index (χ1v) is 7.25. The van der Waals surface area contributed by atoms with E-state index in [1.165, 1.54) is 0 Å². The van der Waals surface area contributed by atoms with E-state index in [1.54, 1.807) is 11.9 Å². The Labute approximate surface area is 121 Å². The number of alkyl halides is 1. The van der Waals surface area contributed by atoms with E-state index in [4.69, 9.17) is 4.65 Å².